The third-order valence-corrected chi connectivity index (χ3v) is 5.21. The Hall–Kier alpha value is -2.56. The van der Waals surface area contributed by atoms with Gasteiger partial charge in [0.2, 0.25) is 0 Å². The largest absolute Gasteiger partial charge is 0.487 e. The number of nitrogens with zero attached hydrogens (tertiary/aromatic N) is 1. The van der Waals surface area contributed by atoms with Crippen molar-refractivity contribution in [1.29, 1.82) is 0 Å². The Bertz CT molecular complexity index is 1090. The molecule has 0 spiro atoms. The molecule has 0 bridgehead atoms. The average molecular weight is 430 g/mol. The van der Waals surface area contributed by atoms with E-state index in [0.29, 0.717) is 39.1 Å². The Kier molecular flexibility index (Phi) is 6.78. The molecule has 0 saturated carbocycles. The van der Waals surface area contributed by atoms with Crippen molar-refractivity contribution in [3.63, 3.8) is 0 Å². The fraction of sp³-hybridized carbons (Fsp3) is 0.217. The van der Waals surface area contributed by atoms with Crippen LogP contribution in [0.4, 0.5) is 0 Å². The highest BCUT2D eigenvalue weighted by molar-refractivity contribution is 6.37. The minimum Gasteiger partial charge on any atom is -0.487 e. The molecule has 29 heavy (non-hydrogen) atoms. The van der Waals surface area contributed by atoms with Gasteiger partial charge in [0.1, 0.15) is 17.9 Å². The van der Waals surface area contributed by atoms with Crippen LogP contribution < -0.4 is 4.74 Å². The maximum absolute atomic E-state index is 11.8. The Balaban J connectivity index is 1.91. The van der Waals surface area contributed by atoms with Crippen molar-refractivity contribution in [2.24, 2.45) is 0 Å². The van der Waals surface area contributed by atoms with E-state index in [9.17, 15) is 4.79 Å². The Labute approximate surface area is 180 Å². The number of carbonyl (C=O) groups is 1. The molecule has 6 heteroatoms. The summed E-state index contributed by atoms with van der Waals surface area (Å²) in [5, 5.41) is 1.93. The van der Waals surface area contributed by atoms with Crippen LogP contribution in [-0.2, 0) is 16.1 Å². The number of aryl methyl sites for hydroxylation is 1. The van der Waals surface area contributed by atoms with Crippen molar-refractivity contribution < 1.29 is 14.3 Å². The van der Waals surface area contributed by atoms with Crippen molar-refractivity contribution in [2.75, 3.05) is 6.61 Å². The van der Waals surface area contributed by atoms with Crippen LogP contribution in [0.15, 0.2) is 48.5 Å². The first-order valence-corrected chi connectivity index (χ1v) is 9.97. The van der Waals surface area contributed by atoms with Gasteiger partial charge in [-0.25, -0.2) is 9.78 Å². The number of hydrogen-bond donors (Lipinski definition) is 0. The van der Waals surface area contributed by atoms with Gasteiger partial charge >= 0.3 is 5.97 Å². The maximum atomic E-state index is 11.8. The fourth-order valence-electron chi connectivity index (χ4n) is 2.96. The lowest BCUT2D eigenvalue weighted by molar-refractivity contribution is -0.137. The number of esters is 1. The van der Waals surface area contributed by atoms with Gasteiger partial charge in [-0.1, -0.05) is 47.5 Å². The zero-order valence-electron chi connectivity index (χ0n) is 16.5. The lowest BCUT2D eigenvalue weighted by Crippen LogP contribution is -2.02. The molecule has 1 heterocycles. The van der Waals surface area contributed by atoms with Gasteiger partial charge < -0.3 is 9.47 Å². The zero-order chi connectivity index (χ0) is 21.0. The zero-order valence-corrected chi connectivity index (χ0v) is 18.0. The average Bonchev–Trinajstić information content (AvgIpc) is 2.68. The summed E-state index contributed by atoms with van der Waals surface area (Å²) in [5.41, 5.74) is 3.73. The number of pyridine rings is 1. The maximum Gasteiger partial charge on any atom is 0.331 e. The van der Waals surface area contributed by atoms with E-state index in [1.807, 2.05) is 37.3 Å². The molecule has 0 aliphatic carbocycles. The van der Waals surface area contributed by atoms with Crippen LogP contribution in [0.1, 0.15) is 30.7 Å². The number of aromatic nitrogens is 1. The highest BCUT2D eigenvalue weighted by Crippen LogP contribution is 2.34. The molecule has 0 atom stereocenters. The molecule has 150 valence electrons. The van der Waals surface area contributed by atoms with Crippen molar-refractivity contribution in [3.05, 3.63) is 75.4 Å². The molecule has 0 radical (unpaired) electrons. The summed E-state index contributed by atoms with van der Waals surface area (Å²) < 4.78 is 11.0. The van der Waals surface area contributed by atoms with Gasteiger partial charge in [0.15, 0.2) is 0 Å². The van der Waals surface area contributed by atoms with Crippen molar-refractivity contribution >= 4 is 45.6 Å². The molecular formula is C23H21Cl2NO3. The first-order valence-electron chi connectivity index (χ1n) is 9.22. The van der Waals surface area contributed by atoms with Crippen molar-refractivity contribution in [2.45, 2.75) is 27.4 Å². The minimum absolute atomic E-state index is 0.174. The van der Waals surface area contributed by atoms with E-state index in [2.05, 4.69) is 4.98 Å². The van der Waals surface area contributed by atoms with E-state index in [4.69, 9.17) is 32.7 Å². The Morgan fingerprint density at radius 2 is 1.93 bits per heavy atom. The molecule has 1 aromatic heterocycles. The molecule has 4 nitrogen and oxygen atoms in total. The number of benzene rings is 2. The second-order valence-corrected chi connectivity index (χ2v) is 7.32. The highest BCUT2D eigenvalue weighted by Gasteiger charge is 2.14. The number of carbonyl (C=O) groups excluding carboxylic acids is 1. The molecule has 0 aliphatic rings. The normalized spacial score (nSPS) is 11.6. The predicted octanol–water partition coefficient (Wildman–Crippen LogP) is 6.40. The van der Waals surface area contributed by atoms with E-state index in [1.165, 1.54) is 6.08 Å². The number of fused-ring (bicyclic) bond motifs is 1. The number of hydrogen-bond acceptors (Lipinski definition) is 4. The number of halogens is 2. The van der Waals surface area contributed by atoms with E-state index in [0.717, 1.165) is 16.6 Å². The molecule has 2 aromatic carbocycles. The van der Waals surface area contributed by atoms with Gasteiger partial charge in [0.25, 0.3) is 0 Å². The molecule has 0 unspecified atom stereocenters. The van der Waals surface area contributed by atoms with Gasteiger partial charge in [0, 0.05) is 27.7 Å². The summed E-state index contributed by atoms with van der Waals surface area (Å²) in [6.07, 6.45) is 1.42. The van der Waals surface area contributed by atoms with Crippen LogP contribution >= 0.6 is 23.2 Å². The first-order chi connectivity index (χ1) is 13.9. The number of rotatable bonds is 6. The van der Waals surface area contributed by atoms with Gasteiger partial charge in [-0.2, -0.15) is 0 Å². The monoisotopic (exact) mass is 429 g/mol. The van der Waals surface area contributed by atoms with Gasteiger partial charge in [-0.3, -0.25) is 0 Å². The third-order valence-electron chi connectivity index (χ3n) is 4.43. The van der Waals surface area contributed by atoms with Crippen molar-refractivity contribution in [1.82, 2.24) is 4.98 Å². The van der Waals surface area contributed by atoms with Crippen LogP contribution in [0.25, 0.3) is 16.5 Å². The van der Waals surface area contributed by atoms with E-state index in [-0.39, 0.29) is 6.61 Å². The summed E-state index contributed by atoms with van der Waals surface area (Å²) in [5.74, 6) is 0.244. The van der Waals surface area contributed by atoms with E-state index >= 15 is 0 Å². The molecular weight excluding hydrogens is 409 g/mol. The summed E-state index contributed by atoms with van der Waals surface area (Å²) in [7, 11) is 0. The lowest BCUT2D eigenvalue weighted by Gasteiger charge is -2.14. The predicted molar refractivity (Wildman–Crippen MR) is 118 cm³/mol. The molecule has 0 saturated heterocycles. The Morgan fingerprint density at radius 1 is 1.14 bits per heavy atom. The molecule has 0 N–H and O–H groups in total. The van der Waals surface area contributed by atoms with Gasteiger partial charge in [0.05, 0.1) is 11.6 Å². The summed E-state index contributed by atoms with van der Waals surface area (Å²) >= 11 is 13.0. The molecule has 0 fully saturated rings. The van der Waals surface area contributed by atoms with Gasteiger partial charge in [-0.05, 0) is 50.1 Å². The van der Waals surface area contributed by atoms with E-state index < -0.39 is 5.97 Å². The topological polar surface area (TPSA) is 48.4 Å². The fourth-order valence-corrected chi connectivity index (χ4v) is 3.59. The second-order valence-electron chi connectivity index (χ2n) is 6.54. The van der Waals surface area contributed by atoms with Crippen LogP contribution in [0.5, 0.6) is 5.75 Å². The molecule has 3 rings (SSSR count). The number of ether oxygens (including phenoxy) is 2. The first kappa shape index (κ1) is 21.2. The SMILES string of the molecule is CCOC(=O)/C=C(/C)c1ccc(Cl)c(COc2cccc3ccc(C)nc23)c1Cl. The quantitative estimate of drug-likeness (QED) is 0.336. The summed E-state index contributed by atoms with van der Waals surface area (Å²) in [6, 6.07) is 13.3. The molecule has 0 amide bonds. The third kappa shape index (κ3) is 4.89. The van der Waals surface area contributed by atoms with Crippen LogP contribution in [0, 0.1) is 6.92 Å². The lowest BCUT2D eigenvalue weighted by atomic mass is 10.0. The smallest absolute Gasteiger partial charge is 0.331 e. The Morgan fingerprint density at radius 3 is 2.69 bits per heavy atom. The number of allylic oxidation sites excluding steroid dienone is 1. The van der Waals surface area contributed by atoms with Crippen LogP contribution in [-0.4, -0.2) is 17.6 Å². The second kappa shape index (κ2) is 9.29. The van der Waals surface area contributed by atoms with E-state index in [1.54, 1.807) is 26.0 Å². The summed E-state index contributed by atoms with van der Waals surface area (Å²) in [6.45, 7) is 5.98. The highest BCUT2D eigenvalue weighted by atomic mass is 35.5. The minimum atomic E-state index is -0.411. The molecule has 0 aliphatic heterocycles. The summed E-state index contributed by atoms with van der Waals surface area (Å²) in [4.78, 5) is 16.3. The van der Waals surface area contributed by atoms with Crippen molar-refractivity contribution in [3.8, 4) is 5.75 Å². The van der Waals surface area contributed by atoms with Crippen LogP contribution in [0.2, 0.25) is 10.0 Å². The van der Waals surface area contributed by atoms with Gasteiger partial charge in [-0.15, -0.1) is 0 Å². The van der Waals surface area contributed by atoms with Crippen LogP contribution in [0.3, 0.4) is 0 Å². The number of para-hydroxylation sites is 1. The molecule has 3 aromatic rings. The standard InChI is InChI=1S/C23H21Cl2NO3/c1-4-28-21(27)12-14(2)17-10-11-19(24)18(22(17)25)13-29-20-7-5-6-16-9-8-15(3)26-23(16)20/h5-12H,4,13H2,1-3H3/b14-12-.